The maximum absolute atomic E-state index is 11.9. The minimum absolute atomic E-state index is 0. The standard InChI is InChI=1S/C22H33N5O.HI/c1-27(2)21(28)16-26-22(25-14-17-8-4-3-5-9-17)23-13-12-18-15-24-20-11-7-6-10-19(18)20;/h6-7,10-11,15,17,24H,3-5,8-9,12-14,16H2,1-2H3,(H2,23,25,26);1H. The predicted molar refractivity (Wildman–Crippen MR) is 131 cm³/mol. The van der Waals surface area contributed by atoms with Gasteiger partial charge in [0.2, 0.25) is 5.91 Å². The van der Waals surface area contributed by atoms with Gasteiger partial charge in [-0.3, -0.25) is 4.79 Å². The number of halogens is 1. The molecule has 0 saturated heterocycles. The minimum atomic E-state index is 0. The Hall–Kier alpha value is -1.77. The van der Waals surface area contributed by atoms with E-state index < -0.39 is 0 Å². The molecule has 0 spiro atoms. The summed E-state index contributed by atoms with van der Waals surface area (Å²) in [5.41, 5.74) is 2.46. The number of fused-ring (bicyclic) bond motifs is 1. The molecule has 1 amide bonds. The number of H-pyrrole nitrogens is 1. The lowest BCUT2D eigenvalue weighted by Gasteiger charge is -2.23. The van der Waals surface area contributed by atoms with Crippen molar-refractivity contribution in [1.29, 1.82) is 0 Å². The van der Waals surface area contributed by atoms with Crippen LogP contribution in [-0.4, -0.2) is 55.5 Å². The second-order valence-electron chi connectivity index (χ2n) is 7.87. The van der Waals surface area contributed by atoms with Crippen LogP contribution >= 0.6 is 24.0 Å². The summed E-state index contributed by atoms with van der Waals surface area (Å²) >= 11 is 0. The molecular weight excluding hydrogens is 477 g/mol. The van der Waals surface area contributed by atoms with Gasteiger partial charge in [0.15, 0.2) is 5.96 Å². The van der Waals surface area contributed by atoms with Crippen molar-refractivity contribution in [2.24, 2.45) is 10.9 Å². The number of hydrogen-bond acceptors (Lipinski definition) is 2. The smallest absolute Gasteiger partial charge is 0.243 e. The van der Waals surface area contributed by atoms with Gasteiger partial charge >= 0.3 is 0 Å². The number of aliphatic imine (C=N–C) groups is 1. The van der Waals surface area contributed by atoms with E-state index in [1.807, 2.05) is 6.07 Å². The van der Waals surface area contributed by atoms with Crippen molar-refractivity contribution in [3.05, 3.63) is 36.0 Å². The monoisotopic (exact) mass is 511 g/mol. The molecule has 3 N–H and O–H groups in total. The second-order valence-corrected chi connectivity index (χ2v) is 7.87. The zero-order valence-corrected chi connectivity index (χ0v) is 19.9. The van der Waals surface area contributed by atoms with Gasteiger partial charge in [-0.05, 0) is 36.8 Å². The van der Waals surface area contributed by atoms with E-state index in [2.05, 4.69) is 45.0 Å². The Morgan fingerprint density at radius 1 is 1.17 bits per heavy atom. The Bertz CT molecular complexity index is 795. The van der Waals surface area contributed by atoms with E-state index in [0.29, 0.717) is 5.92 Å². The van der Waals surface area contributed by atoms with Gasteiger partial charge in [-0.15, -0.1) is 24.0 Å². The van der Waals surface area contributed by atoms with Crippen LogP contribution in [0, 0.1) is 5.92 Å². The number of rotatable bonds is 7. The molecule has 29 heavy (non-hydrogen) atoms. The van der Waals surface area contributed by atoms with Crippen molar-refractivity contribution in [3.8, 4) is 0 Å². The molecule has 0 radical (unpaired) electrons. The summed E-state index contributed by atoms with van der Waals surface area (Å²) in [5.74, 6) is 1.45. The topological polar surface area (TPSA) is 72.5 Å². The first-order valence-corrected chi connectivity index (χ1v) is 10.4. The number of guanidine groups is 1. The molecule has 160 valence electrons. The lowest BCUT2D eigenvalue weighted by atomic mass is 9.89. The zero-order valence-electron chi connectivity index (χ0n) is 17.5. The molecule has 3 rings (SSSR count). The van der Waals surface area contributed by atoms with Gasteiger partial charge in [-0.25, -0.2) is 4.99 Å². The van der Waals surface area contributed by atoms with Crippen LogP contribution in [0.4, 0.5) is 0 Å². The van der Waals surface area contributed by atoms with Gasteiger partial charge in [0, 0.05) is 44.3 Å². The molecule has 1 fully saturated rings. The van der Waals surface area contributed by atoms with Crippen LogP contribution in [0.15, 0.2) is 35.5 Å². The Morgan fingerprint density at radius 2 is 1.93 bits per heavy atom. The summed E-state index contributed by atoms with van der Waals surface area (Å²) in [6.45, 7) is 1.86. The number of likely N-dealkylation sites (N-methyl/N-ethyl adjacent to an activating group) is 1. The number of para-hydroxylation sites is 1. The molecule has 1 aromatic heterocycles. The van der Waals surface area contributed by atoms with Gasteiger partial charge in [0.25, 0.3) is 0 Å². The summed E-state index contributed by atoms with van der Waals surface area (Å²) in [4.78, 5) is 21.3. The number of carbonyl (C=O) groups is 1. The van der Waals surface area contributed by atoms with E-state index in [4.69, 9.17) is 0 Å². The highest BCUT2D eigenvalue weighted by molar-refractivity contribution is 14.0. The Balaban J connectivity index is 0.00000300. The highest BCUT2D eigenvalue weighted by Gasteiger charge is 2.14. The van der Waals surface area contributed by atoms with Gasteiger partial charge in [-0.2, -0.15) is 0 Å². The van der Waals surface area contributed by atoms with Gasteiger partial charge in [0.05, 0.1) is 0 Å². The van der Waals surface area contributed by atoms with Crippen molar-refractivity contribution in [2.45, 2.75) is 38.5 Å². The number of benzene rings is 1. The zero-order chi connectivity index (χ0) is 19.8. The molecule has 1 aromatic carbocycles. The van der Waals surface area contributed by atoms with Crippen molar-refractivity contribution < 1.29 is 4.79 Å². The van der Waals surface area contributed by atoms with Crippen LogP contribution < -0.4 is 10.6 Å². The molecule has 0 bridgehead atoms. The second kappa shape index (κ2) is 12.0. The van der Waals surface area contributed by atoms with Gasteiger partial charge in [0.1, 0.15) is 6.54 Å². The summed E-state index contributed by atoms with van der Waals surface area (Å²) in [7, 11) is 3.52. The van der Waals surface area contributed by atoms with E-state index in [9.17, 15) is 4.79 Å². The summed E-state index contributed by atoms with van der Waals surface area (Å²) in [5, 5.41) is 8.14. The molecule has 2 aromatic rings. The Kier molecular flexibility index (Phi) is 9.76. The lowest BCUT2D eigenvalue weighted by molar-refractivity contribution is -0.127. The first-order chi connectivity index (χ1) is 13.6. The largest absolute Gasteiger partial charge is 0.361 e. The molecular formula is C22H34IN5O. The predicted octanol–water partition coefficient (Wildman–Crippen LogP) is 3.53. The van der Waals surface area contributed by atoms with Crippen molar-refractivity contribution >= 4 is 46.7 Å². The molecule has 0 atom stereocenters. The van der Waals surface area contributed by atoms with Crippen LogP contribution in [0.3, 0.4) is 0 Å². The molecule has 1 aliphatic rings. The fraction of sp³-hybridized carbons (Fsp3) is 0.545. The number of aromatic amines is 1. The number of aromatic nitrogens is 1. The number of carbonyl (C=O) groups excluding carboxylic acids is 1. The minimum Gasteiger partial charge on any atom is -0.361 e. The summed E-state index contributed by atoms with van der Waals surface area (Å²) in [6.07, 6.45) is 9.55. The highest BCUT2D eigenvalue weighted by Crippen LogP contribution is 2.22. The number of nitrogens with zero attached hydrogens (tertiary/aromatic N) is 2. The van der Waals surface area contributed by atoms with Crippen LogP contribution in [0.5, 0.6) is 0 Å². The Labute approximate surface area is 190 Å². The van der Waals surface area contributed by atoms with E-state index >= 15 is 0 Å². The quantitative estimate of drug-likeness (QED) is 0.303. The van der Waals surface area contributed by atoms with E-state index in [-0.39, 0.29) is 36.4 Å². The molecule has 0 aliphatic heterocycles. The summed E-state index contributed by atoms with van der Waals surface area (Å²) in [6, 6.07) is 8.35. The number of amides is 1. The Morgan fingerprint density at radius 3 is 2.69 bits per heavy atom. The van der Waals surface area contributed by atoms with Gasteiger partial charge in [-0.1, -0.05) is 37.5 Å². The molecule has 1 aliphatic carbocycles. The lowest BCUT2D eigenvalue weighted by Crippen LogP contribution is -2.41. The molecule has 1 heterocycles. The molecule has 0 unspecified atom stereocenters. The average Bonchev–Trinajstić information content (AvgIpc) is 3.13. The number of nitrogens with one attached hydrogen (secondary N) is 3. The first kappa shape index (κ1) is 23.5. The van der Waals surface area contributed by atoms with Gasteiger partial charge < -0.3 is 20.5 Å². The van der Waals surface area contributed by atoms with E-state index in [1.165, 1.54) is 48.6 Å². The van der Waals surface area contributed by atoms with E-state index in [0.717, 1.165) is 25.5 Å². The van der Waals surface area contributed by atoms with Crippen LogP contribution in [0.25, 0.3) is 10.9 Å². The number of hydrogen-bond donors (Lipinski definition) is 3. The van der Waals surface area contributed by atoms with Crippen LogP contribution in [0.1, 0.15) is 37.7 Å². The third kappa shape index (κ3) is 7.21. The SMILES string of the molecule is CN(C)C(=O)CN=C(NCCc1c[nH]c2ccccc12)NCC1CCCCC1.I. The van der Waals surface area contributed by atoms with Crippen molar-refractivity contribution in [3.63, 3.8) is 0 Å². The molecule has 6 nitrogen and oxygen atoms in total. The fourth-order valence-corrected chi connectivity index (χ4v) is 3.75. The average molecular weight is 511 g/mol. The maximum atomic E-state index is 11.9. The normalized spacial score (nSPS) is 15.0. The first-order valence-electron chi connectivity index (χ1n) is 10.4. The van der Waals surface area contributed by atoms with Crippen LogP contribution in [0.2, 0.25) is 0 Å². The highest BCUT2D eigenvalue weighted by atomic mass is 127. The van der Waals surface area contributed by atoms with E-state index in [1.54, 1.807) is 19.0 Å². The molecule has 1 saturated carbocycles. The van der Waals surface area contributed by atoms with Crippen LogP contribution in [-0.2, 0) is 11.2 Å². The fourth-order valence-electron chi connectivity index (χ4n) is 3.75. The third-order valence-corrected chi connectivity index (χ3v) is 5.52. The van der Waals surface area contributed by atoms with Crippen molar-refractivity contribution in [2.75, 3.05) is 33.7 Å². The summed E-state index contributed by atoms with van der Waals surface area (Å²) < 4.78 is 0. The van der Waals surface area contributed by atoms with Crippen molar-refractivity contribution in [1.82, 2.24) is 20.5 Å². The molecule has 7 heteroatoms. The maximum Gasteiger partial charge on any atom is 0.243 e. The third-order valence-electron chi connectivity index (χ3n) is 5.52.